The van der Waals surface area contributed by atoms with Crippen LogP contribution in [0.25, 0.3) is 10.9 Å². The molecule has 0 bridgehead atoms. The van der Waals surface area contributed by atoms with Crippen LogP contribution in [0.5, 0.6) is 0 Å². The van der Waals surface area contributed by atoms with E-state index in [2.05, 4.69) is 17.2 Å². The van der Waals surface area contributed by atoms with Gasteiger partial charge in [0.2, 0.25) is 5.91 Å². The summed E-state index contributed by atoms with van der Waals surface area (Å²) in [5.74, 6) is -0.0138. The van der Waals surface area contributed by atoms with Gasteiger partial charge in [0.25, 0.3) is 5.91 Å². The number of carbonyl (C=O) groups is 2. The van der Waals surface area contributed by atoms with Crippen LogP contribution in [0.3, 0.4) is 0 Å². The molecule has 1 aromatic heterocycles. The number of H-pyrrole nitrogens is 1. The topological polar surface area (TPSA) is 65.2 Å². The Labute approximate surface area is 148 Å². The Morgan fingerprint density at radius 2 is 2.20 bits per heavy atom. The highest BCUT2D eigenvalue weighted by atomic mass is 16.2. The summed E-state index contributed by atoms with van der Waals surface area (Å²) in [4.78, 5) is 30.3. The van der Waals surface area contributed by atoms with Crippen LogP contribution in [0.15, 0.2) is 30.5 Å². The van der Waals surface area contributed by atoms with Crippen molar-refractivity contribution in [2.45, 2.75) is 45.6 Å². The molecule has 1 aromatic carbocycles. The van der Waals surface area contributed by atoms with Crippen molar-refractivity contribution < 1.29 is 9.59 Å². The molecule has 5 nitrogen and oxygen atoms in total. The zero-order valence-corrected chi connectivity index (χ0v) is 15.0. The maximum absolute atomic E-state index is 12.8. The lowest BCUT2D eigenvalue weighted by Gasteiger charge is -2.32. The Kier molecular flexibility index (Phi) is 5.41. The molecule has 2 unspecified atom stereocenters. The van der Waals surface area contributed by atoms with Crippen LogP contribution in [0.1, 0.15) is 49.9 Å². The first kappa shape index (κ1) is 17.5. The van der Waals surface area contributed by atoms with E-state index in [1.165, 1.54) is 0 Å². The van der Waals surface area contributed by atoms with Gasteiger partial charge in [-0.3, -0.25) is 9.59 Å². The molecule has 0 aliphatic carbocycles. The first-order chi connectivity index (χ1) is 12.1. The number of aromatic amines is 1. The van der Waals surface area contributed by atoms with Crippen LogP contribution in [0.4, 0.5) is 0 Å². The van der Waals surface area contributed by atoms with Crippen LogP contribution in [0, 0.1) is 5.92 Å². The van der Waals surface area contributed by atoms with E-state index >= 15 is 0 Å². The molecule has 1 aliphatic heterocycles. The molecule has 1 fully saturated rings. The highest BCUT2D eigenvalue weighted by molar-refractivity contribution is 5.98. The van der Waals surface area contributed by atoms with Crippen molar-refractivity contribution in [3.8, 4) is 0 Å². The maximum Gasteiger partial charge on any atom is 0.253 e. The number of aromatic nitrogens is 1. The van der Waals surface area contributed by atoms with Crippen molar-refractivity contribution in [3.63, 3.8) is 0 Å². The van der Waals surface area contributed by atoms with E-state index in [9.17, 15) is 9.59 Å². The van der Waals surface area contributed by atoms with Gasteiger partial charge >= 0.3 is 0 Å². The van der Waals surface area contributed by atoms with Crippen LogP contribution < -0.4 is 5.32 Å². The molecule has 2 heterocycles. The third-order valence-electron chi connectivity index (χ3n) is 4.99. The maximum atomic E-state index is 12.8. The number of fused-ring (bicyclic) bond motifs is 1. The number of hydrogen-bond acceptors (Lipinski definition) is 2. The average Bonchev–Trinajstić information content (AvgIpc) is 3.09. The van der Waals surface area contributed by atoms with E-state index in [-0.39, 0.29) is 23.8 Å². The molecule has 2 aromatic rings. The second kappa shape index (κ2) is 7.72. The molecule has 5 heteroatoms. The zero-order valence-electron chi connectivity index (χ0n) is 15.0. The van der Waals surface area contributed by atoms with Crippen molar-refractivity contribution in [1.82, 2.24) is 15.2 Å². The summed E-state index contributed by atoms with van der Waals surface area (Å²) in [6.45, 7) is 5.38. The number of rotatable bonds is 5. The third-order valence-corrected chi connectivity index (χ3v) is 4.99. The number of nitrogens with one attached hydrogen (secondary N) is 2. The minimum absolute atomic E-state index is 0.00982. The minimum atomic E-state index is -0.105. The summed E-state index contributed by atoms with van der Waals surface area (Å²) >= 11 is 0. The van der Waals surface area contributed by atoms with Gasteiger partial charge in [-0.1, -0.05) is 19.4 Å². The number of amides is 2. The predicted molar refractivity (Wildman–Crippen MR) is 99.4 cm³/mol. The van der Waals surface area contributed by atoms with Gasteiger partial charge in [0.1, 0.15) is 0 Å². The lowest BCUT2D eigenvalue weighted by molar-refractivity contribution is -0.127. The van der Waals surface area contributed by atoms with Gasteiger partial charge in [0.05, 0.1) is 5.92 Å². The first-order valence-corrected chi connectivity index (χ1v) is 9.25. The van der Waals surface area contributed by atoms with Crippen LogP contribution >= 0.6 is 0 Å². The largest absolute Gasteiger partial charge is 0.361 e. The summed E-state index contributed by atoms with van der Waals surface area (Å²) in [5.41, 5.74) is 1.64. The van der Waals surface area contributed by atoms with Gasteiger partial charge in [-0.2, -0.15) is 0 Å². The molecule has 0 spiro atoms. The molecule has 25 heavy (non-hydrogen) atoms. The minimum Gasteiger partial charge on any atom is -0.361 e. The Morgan fingerprint density at radius 1 is 1.36 bits per heavy atom. The Hall–Kier alpha value is -2.30. The fraction of sp³-hybridized carbons (Fsp3) is 0.500. The number of nitrogens with zero attached hydrogens (tertiary/aromatic N) is 1. The lowest BCUT2D eigenvalue weighted by Crippen LogP contribution is -2.47. The molecule has 134 valence electrons. The first-order valence-electron chi connectivity index (χ1n) is 9.25. The zero-order chi connectivity index (χ0) is 17.8. The summed E-state index contributed by atoms with van der Waals surface area (Å²) in [7, 11) is 0. The lowest BCUT2D eigenvalue weighted by atomic mass is 9.96. The van der Waals surface area contributed by atoms with Crippen LogP contribution in [-0.2, 0) is 4.79 Å². The van der Waals surface area contributed by atoms with E-state index in [0.717, 1.165) is 43.1 Å². The monoisotopic (exact) mass is 341 g/mol. The second-order valence-corrected chi connectivity index (χ2v) is 7.07. The van der Waals surface area contributed by atoms with Crippen molar-refractivity contribution >= 4 is 22.7 Å². The number of piperidine rings is 1. The number of hydrogen-bond donors (Lipinski definition) is 2. The van der Waals surface area contributed by atoms with Gasteiger partial charge in [-0.05, 0) is 49.8 Å². The smallest absolute Gasteiger partial charge is 0.253 e. The summed E-state index contributed by atoms with van der Waals surface area (Å²) in [6, 6.07) is 7.90. The van der Waals surface area contributed by atoms with Crippen LogP contribution in [0.2, 0.25) is 0 Å². The van der Waals surface area contributed by atoms with E-state index in [0.29, 0.717) is 12.1 Å². The Morgan fingerprint density at radius 3 is 3.00 bits per heavy atom. The molecule has 0 radical (unpaired) electrons. The molecule has 2 amide bonds. The standard InChI is InChI=1S/C20H27N3O2/c1-3-5-14(2)22-19(24)17-6-4-11-23(13-17)20(25)16-8-7-15-9-10-21-18(15)12-16/h7-10,12,14,17,21H,3-6,11,13H2,1-2H3,(H,22,24). The molecule has 3 rings (SSSR count). The van der Waals surface area contributed by atoms with Crippen molar-refractivity contribution in [2.75, 3.05) is 13.1 Å². The molecule has 1 saturated heterocycles. The quantitative estimate of drug-likeness (QED) is 0.876. The highest BCUT2D eigenvalue weighted by Gasteiger charge is 2.29. The Balaban J connectivity index is 1.65. The van der Waals surface area contributed by atoms with Gasteiger partial charge in [0, 0.05) is 36.4 Å². The predicted octanol–water partition coefficient (Wildman–Crippen LogP) is 3.32. The van der Waals surface area contributed by atoms with E-state index in [1.54, 1.807) is 0 Å². The number of benzene rings is 1. The normalized spacial score (nSPS) is 19.0. The van der Waals surface area contributed by atoms with E-state index < -0.39 is 0 Å². The summed E-state index contributed by atoms with van der Waals surface area (Å²) in [5, 5.41) is 4.18. The Bertz CT molecular complexity index is 752. The van der Waals surface area contributed by atoms with Crippen molar-refractivity contribution in [1.29, 1.82) is 0 Å². The highest BCUT2D eigenvalue weighted by Crippen LogP contribution is 2.21. The van der Waals surface area contributed by atoms with Crippen molar-refractivity contribution in [2.24, 2.45) is 5.92 Å². The average molecular weight is 341 g/mol. The van der Waals surface area contributed by atoms with Gasteiger partial charge in [-0.15, -0.1) is 0 Å². The van der Waals surface area contributed by atoms with Gasteiger partial charge in [-0.25, -0.2) is 0 Å². The fourth-order valence-corrected chi connectivity index (χ4v) is 3.60. The van der Waals surface area contributed by atoms with Gasteiger partial charge < -0.3 is 15.2 Å². The second-order valence-electron chi connectivity index (χ2n) is 7.07. The third kappa shape index (κ3) is 4.03. The SMILES string of the molecule is CCCC(C)NC(=O)C1CCCN(C(=O)c2ccc3cc[nH]c3c2)C1. The molecular weight excluding hydrogens is 314 g/mol. The number of likely N-dealkylation sites (tertiary alicyclic amines) is 1. The molecular formula is C20H27N3O2. The molecule has 2 N–H and O–H groups in total. The van der Waals surface area contributed by atoms with E-state index in [1.807, 2.05) is 42.3 Å². The number of carbonyl (C=O) groups excluding carboxylic acids is 2. The summed E-state index contributed by atoms with van der Waals surface area (Å²) < 4.78 is 0. The van der Waals surface area contributed by atoms with E-state index in [4.69, 9.17) is 0 Å². The summed E-state index contributed by atoms with van der Waals surface area (Å²) in [6.07, 6.45) is 5.63. The van der Waals surface area contributed by atoms with Gasteiger partial charge in [0.15, 0.2) is 0 Å². The molecule has 1 aliphatic rings. The molecule has 2 atom stereocenters. The van der Waals surface area contributed by atoms with Crippen molar-refractivity contribution in [3.05, 3.63) is 36.0 Å². The fourth-order valence-electron chi connectivity index (χ4n) is 3.60. The molecule has 0 saturated carbocycles. The van der Waals surface area contributed by atoms with Crippen LogP contribution in [-0.4, -0.2) is 40.8 Å².